The van der Waals surface area contributed by atoms with Crippen molar-refractivity contribution < 1.29 is 22.7 Å². The second-order valence-corrected chi connectivity index (χ2v) is 15.1. The Bertz CT molecular complexity index is 1830. The monoisotopic (exact) mass is 721 g/mol. The number of amides is 2. The number of methoxy groups -OCH3 is 1. The van der Waals surface area contributed by atoms with Crippen LogP contribution in [0.1, 0.15) is 48.8 Å². The Morgan fingerprint density at radius 1 is 0.857 bits per heavy atom. The van der Waals surface area contributed by atoms with Crippen LogP contribution in [0.25, 0.3) is 0 Å². The predicted molar refractivity (Wildman–Crippen MR) is 195 cm³/mol. The molecule has 1 aliphatic carbocycles. The molecule has 1 aliphatic rings. The molecule has 0 heterocycles. The topological polar surface area (TPSA) is 96.0 Å². The first-order valence-corrected chi connectivity index (χ1v) is 18.6. The minimum Gasteiger partial charge on any atom is -0.495 e. The van der Waals surface area contributed by atoms with Crippen molar-refractivity contribution in [1.82, 2.24) is 10.2 Å². The molecule has 49 heavy (non-hydrogen) atoms. The smallest absolute Gasteiger partial charge is 0.264 e. The van der Waals surface area contributed by atoms with Crippen LogP contribution in [0.4, 0.5) is 5.69 Å². The number of rotatable bonds is 13. The molecule has 5 rings (SSSR count). The lowest BCUT2D eigenvalue weighted by atomic mass is 9.94. The van der Waals surface area contributed by atoms with Gasteiger partial charge in [-0.3, -0.25) is 13.9 Å². The Morgan fingerprint density at radius 3 is 2.16 bits per heavy atom. The largest absolute Gasteiger partial charge is 0.495 e. The quantitative estimate of drug-likeness (QED) is 0.154. The van der Waals surface area contributed by atoms with Crippen LogP contribution in [0.3, 0.4) is 0 Å². The highest BCUT2D eigenvalue weighted by Crippen LogP contribution is 2.35. The molecule has 0 aliphatic heterocycles. The molecular formula is C38H41Cl2N3O5S. The summed E-state index contributed by atoms with van der Waals surface area (Å²) in [6, 6.07) is 26.6. The summed E-state index contributed by atoms with van der Waals surface area (Å²) < 4.78 is 35.4. The van der Waals surface area contributed by atoms with E-state index >= 15 is 0 Å². The molecule has 11 heteroatoms. The van der Waals surface area contributed by atoms with E-state index in [1.54, 1.807) is 48.5 Å². The Labute approximate surface area is 299 Å². The van der Waals surface area contributed by atoms with Crippen molar-refractivity contribution in [2.75, 3.05) is 18.0 Å². The number of nitrogens with zero attached hydrogens (tertiary/aromatic N) is 2. The van der Waals surface area contributed by atoms with Crippen LogP contribution in [0.15, 0.2) is 102 Å². The minimum atomic E-state index is -4.33. The zero-order chi connectivity index (χ0) is 35.0. The molecular weight excluding hydrogens is 681 g/mol. The van der Waals surface area contributed by atoms with E-state index in [0.29, 0.717) is 5.02 Å². The van der Waals surface area contributed by atoms with Crippen molar-refractivity contribution in [2.24, 2.45) is 0 Å². The van der Waals surface area contributed by atoms with Crippen molar-refractivity contribution in [3.63, 3.8) is 0 Å². The lowest BCUT2D eigenvalue weighted by Gasteiger charge is -2.35. The molecule has 8 nitrogen and oxygen atoms in total. The number of carbonyl (C=O) groups is 2. The molecule has 2 amide bonds. The number of hydrogen-bond donors (Lipinski definition) is 1. The fourth-order valence-corrected chi connectivity index (χ4v) is 7.80. The SMILES string of the molecule is COc1ccc(Cl)cc1N(CC(=O)N(Cc1ccc(Cl)cc1)[C@@H](Cc1ccccc1)C(=O)NC1CCCCC1)S(=O)(=O)c1ccc(C)cc1. The van der Waals surface area contributed by atoms with Crippen molar-refractivity contribution >= 4 is 50.7 Å². The highest BCUT2D eigenvalue weighted by Gasteiger charge is 2.36. The average Bonchev–Trinajstić information content (AvgIpc) is 3.10. The summed E-state index contributed by atoms with van der Waals surface area (Å²) in [5, 5.41) is 4.01. The fourth-order valence-electron chi connectivity index (χ4n) is 6.09. The summed E-state index contributed by atoms with van der Waals surface area (Å²) in [7, 11) is -2.91. The fraction of sp³-hybridized carbons (Fsp3) is 0.316. The number of nitrogens with one attached hydrogen (secondary N) is 1. The molecule has 0 radical (unpaired) electrons. The molecule has 0 aromatic heterocycles. The molecule has 0 unspecified atom stereocenters. The third-order valence-corrected chi connectivity index (χ3v) is 11.0. The van der Waals surface area contributed by atoms with Crippen LogP contribution in [0.5, 0.6) is 5.75 Å². The van der Waals surface area contributed by atoms with E-state index in [1.165, 1.54) is 30.2 Å². The second-order valence-electron chi connectivity index (χ2n) is 12.3. The molecule has 1 N–H and O–H groups in total. The van der Waals surface area contributed by atoms with Crippen LogP contribution in [0, 0.1) is 6.92 Å². The van der Waals surface area contributed by atoms with Gasteiger partial charge in [-0.2, -0.15) is 0 Å². The van der Waals surface area contributed by atoms with Gasteiger partial charge < -0.3 is 15.0 Å². The van der Waals surface area contributed by atoms with E-state index in [4.69, 9.17) is 27.9 Å². The van der Waals surface area contributed by atoms with E-state index in [1.807, 2.05) is 37.3 Å². The normalized spacial score (nSPS) is 14.1. The number of aryl methyl sites for hydroxylation is 1. The van der Waals surface area contributed by atoms with Gasteiger partial charge in [0.1, 0.15) is 18.3 Å². The summed E-state index contributed by atoms with van der Waals surface area (Å²) >= 11 is 12.6. The number of halogens is 2. The summed E-state index contributed by atoms with van der Waals surface area (Å²) in [5.41, 5.74) is 2.57. The molecule has 1 saturated carbocycles. The molecule has 1 atom stereocenters. The molecule has 0 spiro atoms. The Hall–Kier alpha value is -4.05. The highest BCUT2D eigenvalue weighted by atomic mass is 35.5. The van der Waals surface area contributed by atoms with Gasteiger partial charge in [0.05, 0.1) is 17.7 Å². The van der Waals surface area contributed by atoms with E-state index < -0.39 is 28.5 Å². The first kappa shape index (κ1) is 36.2. The maximum Gasteiger partial charge on any atom is 0.264 e. The second kappa shape index (κ2) is 16.6. The van der Waals surface area contributed by atoms with Gasteiger partial charge in [0.25, 0.3) is 10.0 Å². The summed E-state index contributed by atoms with van der Waals surface area (Å²) in [5.74, 6) is -0.647. The van der Waals surface area contributed by atoms with Crippen LogP contribution in [-0.4, -0.2) is 50.9 Å². The van der Waals surface area contributed by atoms with Gasteiger partial charge in [0.2, 0.25) is 11.8 Å². The molecule has 258 valence electrons. The number of carbonyl (C=O) groups excluding carboxylic acids is 2. The van der Waals surface area contributed by atoms with Crippen LogP contribution in [0.2, 0.25) is 10.0 Å². The Kier molecular flexibility index (Phi) is 12.3. The standard InChI is InChI=1S/C38H41Cl2N3O5S/c1-27-13-20-33(21-14-27)49(46,47)43(34-24-31(40)19-22-36(34)48-2)26-37(44)42(25-29-15-17-30(39)18-16-29)35(23-28-9-5-3-6-10-28)38(45)41-32-11-7-4-8-12-32/h3,5-6,9-10,13-22,24,32,35H,4,7-8,11-12,23,25-26H2,1-2H3,(H,41,45)/t35-/m0/s1. The van der Waals surface area contributed by atoms with Crippen molar-refractivity contribution in [3.05, 3.63) is 124 Å². The van der Waals surface area contributed by atoms with Gasteiger partial charge in [-0.05, 0) is 73.4 Å². The van der Waals surface area contributed by atoms with Crippen molar-refractivity contribution in [2.45, 2.75) is 69.0 Å². The predicted octanol–water partition coefficient (Wildman–Crippen LogP) is 7.59. The third kappa shape index (κ3) is 9.35. The summed E-state index contributed by atoms with van der Waals surface area (Å²) in [4.78, 5) is 30.5. The molecule has 4 aromatic carbocycles. The first-order chi connectivity index (χ1) is 23.5. The van der Waals surface area contributed by atoms with Gasteiger partial charge in [-0.15, -0.1) is 0 Å². The van der Waals surface area contributed by atoms with Gasteiger partial charge in [0, 0.05) is 29.1 Å². The van der Waals surface area contributed by atoms with E-state index in [0.717, 1.165) is 53.1 Å². The van der Waals surface area contributed by atoms with E-state index in [-0.39, 0.29) is 46.3 Å². The zero-order valence-electron chi connectivity index (χ0n) is 27.6. The zero-order valence-corrected chi connectivity index (χ0v) is 30.0. The van der Waals surface area contributed by atoms with E-state index in [2.05, 4.69) is 5.32 Å². The summed E-state index contributed by atoms with van der Waals surface area (Å²) in [6.45, 7) is 1.27. The van der Waals surface area contributed by atoms with Gasteiger partial charge in [-0.1, -0.05) is 103 Å². The first-order valence-electron chi connectivity index (χ1n) is 16.4. The van der Waals surface area contributed by atoms with Crippen LogP contribution in [-0.2, 0) is 32.6 Å². The number of hydrogen-bond acceptors (Lipinski definition) is 5. The number of ether oxygens (including phenoxy) is 1. The average molecular weight is 723 g/mol. The maximum absolute atomic E-state index is 14.8. The molecule has 1 fully saturated rings. The number of benzene rings is 4. The Morgan fingerprint density at radius 2 is 1.51 bits per heavy atom. The van der Waals surface area contributed by atoms with Crippen LogP contribution >= 0.6 is 23.2 Å². The van der Waals surface area contributed by atoms with Crippen molar-refractivity contribution in [1.29, 1.82) is 0 Å². The molecule has 0 bridgehead atoms. The van der Waals surface area contributed by atoms with Gasteiger partial charge >= 0.3 is 0 Å². The van der Waals surface area contributed by atoms with Gasteiger partial charge in [-0.25, -0.2) is 8.42 Å². The Balaban J connectivity index is 1.60. The van der Waals surface area contributed by atoms with Gasteiger partial charge in [0.15, 0.2) is 0 Å². The number of anilines is 1. The number of sulfonamides is 1. The lowest BCUT2D eigenvalue weighted by molar-refractivity contribution is -0.140. The molecule has 0 saturated heterocycles. The van der Waals surface area contributed by atoms with E-state index in [9.17, 15) is 18.0 Å². The molecule has 4 aromatic rings. The summed E-state index contributed by atoms with van der Waals surface area (Å²) in [6.07, 6.45) is 5.13. The highest BCUT2D eigenvalue weighted by molar-refractivity contribution is 7.92. The van der Waals surface area contributed by atoms with Crippen molar-refractivity contribution in [3.8, 4) is 5.75 Å². The lowest BCUT2D eigenvalue weighted by Crippen LogP contribution is -2.55. The maximum atomic E-state index is 14.8. The van der Waals surface area contributed by atoms with Crippen LogP contribution < -0.4 is 14.4 Å². The third-order valence-electron chi connectivity index (χ3n) is 8.79. The minimum absolute atomic E-state index is 0.00106.